The van der Waals surface area contributed by atoms with E-state index in [0.29, 0.717) is 0 Å². The molecule has 1 heteroatoms. The van der Waals surface area contributed by atoms with Crippen molar-refractivity contribution in [3.63, 3.8) is 0 Å². The van der Waals surface area contributed by atoms with Gasteiger partial charge in [0.1, 0.15) is 0 Å². The summed E-state index contributed by atoms with van der Waals surface area (Å²) in [5.41, 5.74) is 1.47. The standard InChI is InChI=1S/C10H22O.C6H12/c1-3-5-7-9-11-10-8-6-4-2;1-4-6(3)5-2/h3-10H2,1-2H3;4H,5H2,1-3H3. The maximum absolute atomic E-state index is 5.44. The average Bonchev–Trinajstić information content (AvgIpc) is 2.37. The quantitative estimate of drug-likeness (QED) is 0.370. The molecule has 0 saturated carbocycles. The zero-order valence-electron chi connectivity index (χ0n) is 12.8. The summed E-state index contributed by atoms with van der Waals surface area (Å²) in [5, 5.41) is 0. The second-order valence-electron chi connectivity index (χ2n) is 4.52. The van der Waals surface area contributed by atoms with Crippen molar-refractivity contribution in [2.24, 2.45) is 0 Å². The highest BCUT2D eigenvalue weighted by molar-refractivity contribution is 4.93. The Morgan fingerprint density at radius 1 is 0.882 bits per heavy atom. The van der Waals surface area contributed by atoms with Crippen LogP contribution in [0.3, 0.4) is 0 Å². The molecule has 0 bridgehead atoms. The van der Waals surface area contributed by atoms with E-state index in [-0.39, 0.29) is 0 Å². The molecule has 0 radical (unpaired) electrons. The molecule has 0 fully saturated rings. The Labute approximate surface area is 110 Å². The van der Waals surface area contributed by atoms with Crippen molar-refractivity contribution in [2.45, 2.75) is 79.6 Å². The van der Waals surface area contributed by atoms with E-state index in [1.165, 1.54) is 50.5 Å². The van der Waals surface area contributed by atoms with Gasteiger partial charge in [-0.3, -0.25) is 0 Å². The highest BCUT2D eigenvalue weighted by atomic mass is 16.5. The maximum Gasteiger partial charge on any atom is 0.0466 e. The molecule has 0 aromatic carbocycles. The molecule has 0 unspecified atom stereocenters. The maximum atomic E-state index is 5.44. The summed E-state index contributed by atoms with van der Waals surface area (Å²) in [6, 6.07) is 0. The van der Waals surface area contributed by atoms with Crippen LogP contribution in [-0.2, 0) is 4.74 Å². The van der Waals surface area contributed by atoms with Crippen molar-refractivity contribution >= 4 is 0 Å². The van der Waals surface area contributed by atoms with Crippen LogP contribution in [0.25, 0.3) is 0 Å². The van der Waals surface area contributed by atoms with E-state index in [2.05, 4.69) is 40.7 Å². The highest BCUT2D eigenvalue weighted by Gasteiger charge is 1.88. The minimum Gasteiger partial charge on any atom is -0.381 e. The molecule has 0 aliphatic carbocycles. The van der Waals surface area contributed by atoms with Crippen molar-refractivity contribution < 1.29 is 4.74 Å². The zero-order chi connectivity index (χ0) is 13.4. The van der Waals surface area contributed by atoms with Gasteiger partial charge in [0.2, 0.25) is 0 Å². The molecule has 0 amide bonds. The summed E-state index contributed by atoms with van der Waals surface area (Å²) in [7, 11) is 0. The van der Waals surface area contributed by atoms with Crippen LogP contribution in [0.1, 0.15) is 79.6 Å². The molecule has 0 atom stereocenters. The molecule has 0 aliphatic rings. The zero-order valence-corrected chi connectivity index (χ0v) is 12.8. The van der Waals surface area contributed by atoms with Gasteiger partial charge < -0.3 is 4.74 Å². The predicted octanol–water partition coefficient (Wildman–Crippen LogP) is 5.75. The minimum atomic E-state index is 0.970. The Bertz CT molecular complexity index is 142. The second kappa shape index (κ2) is 18.1. The summed E-state index contributed by atoms with van der Waals surface area (Å²) in [6.07, 6.45) is 11.0. The van der Waals surface area contributed by atoms with E-state index < -0.39 is 0 Å². The lowest BCUT2D eigenvalue weighted by Gasteiger charge is -2.01. The van der Waals surface area contributed by atoms with Crippen LogP contribution in [0.2, 0.25) is 0 Å². The van der Waals surface area contributed by atoms with Gasteiger partial charge in [-0.25, -0.2) is 0 Å². The van der Waals surface area contributed by atoms with Gasteiger partial charge in [0.15, 0.2) is 0 Å². The van der Waals surface area contributed by atoms with Crippen LogP contribution < -0.4 is 0 Å². The molecule has 104 valence electrons. The first kappa shape index (κ1) is 19.0. The molecule has 0 aliphatic heterocycles. The average molecular weight is 242 g/mol. The Morgan fingerprint density at radius 2 is 1.35 bits per heavy atom. The molecule has 0 heterocycles. The monoisotopic (exact) mass is 242 g/mol. The highest BCUT2D eigenvalue weighted by Crippen LogP contribution is 1.97. The van der Waals surface area contributed by atoms with Crippen molar-refractivity contribution in [1.29, 1.82) is 0 Å². The minimum absolute atomic E-state index is 0.970. The van der Waals surface area contributed by atoms with Gasteiger partial charge in [-0.05, 0) is 33.1 Å². The van der Waals surface area contributed by atoms with Gasteiger partial charge >= 0.3 is 0 Å². The van der Waals surface area contributed by atoms with E-state index in [0.717, 1.165) is 13.2 Å². The normalized spacial score (nSPS) is 11.0. The SMILES string of the molecule is CC=C(C)CC.CCCCCOCCCCC. The third-order valence-corrected chi connectivity index (χ3v) is 2.83. The summed E-state index contributed by atoms with van der Waals surface area (Å²) in [5.74, 6) is 0. The van der Waals surface area contributed by atoms with Gasteiger partial charge in [0.25, 0.3) is 0 Å². The van der Waals surface area contributed by atoms with Crippen molar-refractivity contribution in [2.75, 3.05) is 13.2 Å². The number of hydrogen-bond acceptors (Lipinski definition) is 1. The summed E-state index contributed by atoms with van der Waals surface area (Å²) >= 11 is 0. The summed E-state index contributed by atoms with van der Waals surface area (Å²) in [6.45, 7) is 12.7. The molecular weight excluding hydrogens is 208 g/mol. The number of ether oxygens (including phenoxy) is 1. The first-order valence-electron chi connectivity index (χ1n) is 7.42. The number of allylic oxidation sites excluding steroid dienone is 2. The van der Waals surface area contributed by atoms with Gasteiger partial charge in [0.05, 0.1) is 0 Å². The van der Waals surface area contributed by atoms with E-state index in [1.807, 2.05) is 0 Å². The van der Waals surface area contributed by atoms with E-state index in [4.69, 9.17) is 4.74 Å². The van der Waals surface area contributed by atoms with E-state index >= 15 is 0 Å². The molecule has 0 aromatic heterocycles. The second-order valence-corrected chi connectivity index (χ2v) is 4.52. The lowest BCUT2D eigenvalue weighted by Crippen LogP contribution is -1.96. The third-order valence-electron chi connectivity index (χ3n) is 2.83. The fourth-order valence-corrected chi connectivity index (χ4v) is 1.21. The first-order valence-corrected chi connectivity index (χ1v) is 7.42. The predicted molar refractivity (Wildman–Crippen MR) is 79.6 cm³/mol. The fraction of sp³-hybridized carbons (Fsp3) is 0.875. The Morgan fingerprint density at radius 3 is 1.59 bits per heavy atom. The summed E-state index contributed by atoms with van der Waals surface area (Å²) < 4.78 is 5.44. The number of rotatable bonds is 9. The van der Waals surface area contributed by atoms with E-state index in [1.54, 1.807) is 0 Å². The van der Waals surface area contributed by atoms with Crippen LogP contribution >= 0.6 is 0 Å². The topological polar surface area (TPSA) is 9.23 Å². The van der Waals surface area contributed by atoms with Crippen molar-refractivity contribution in [1.82, 2.24) is 0 Å². The van der Waals surface area contributed by atoms with Crippen LogP contribution in [-0.4, -0.2) is 13.2 Å². The Hall–Kier alpha value is -0.300. The number of unbranched alkanes of at least 4 members (excludes halogenated alkanes) is 4. The van der Waals surface area contributed by atoms with Crippen LogP contribution in [0.15, 0.2) is 11.6 Å². The Kier molecular flexibility index (Phi) is 20.3. The molecule has 0 aromatic rings. The largest absolute Gasteiger partial charge is 0.381 e. The van der Waals surface area contributed by atoms with Crippen molar-refractivity contribution in [3.05, 3.63) is 11.6 Å². The lowest BCUT2D eigenvalue weighted by atomic mass is 10.2. The molecule has 0 rings (SSSR count). The smallest absolute Gasteiger partial charge is 0.0466 e. The van der Waals surface area contributed by atoms with Gasteiger partial charge in [-0.2, -0.15) is 0 Å². The van der Waals surface area contributed by atoms with Gasteiger partial charge in [-0.1, -0.05) is 58.1 Å². The fourth-order valence-electron chi connectivity index (χ4n) is 1.21. The molecule has 1 nitrogen and oxygen atoms in total. The first-order chi connectivity index (χ1) is 8.22. The van der Waals surface area contributed by atoms with Crippen LogP contribution in [0.4, 0.5) is 0 Å². The summed E-state index contributed by atoms with van der Waals surface area (Å²) in [4.78, 5) is 0. The lowest BCUT2D eigenvalue weighted by molar-refractivity contribution is 0.126. The van der Waals surface area contributed by atoms with E-state index in [9.17, 15) is 0 Å². The molecular formula is C16H34O. The van der Waals surface area contributed by atoms with Gasteiger partial charge in [0, 0.05) is 13.2 Å². The van der Waals surface area contributed by atoms with Crippen molar-refractivity contribution in [3.8, 4) is 0 Å². The molecule has 0 spiro atoms. The third kappa shape index (κ3) is 21.5. The number of hydrogen-bond donors (Lipinski definition) is 0. The van der Waals surface area contributed by atoms with Gasteiger partial charge in [-0.15, -0.1) is 0 Å². The van der Waals surface area contributed by atoms with Crippen LogP contribution in [0.5, 0.6) is 0 Å². The molecule has 17 heavy (non-hydrogen) atoms. The van der Waals surface area contributed by atoms with Crippen LogP contribution in [0, 0.1) is 0 Å². The molecule has 0 saturated heterocycles. The molecule has 0 N–H and O–H groups in total. The Balaban J connectivity index is 0.